The van der Waals surface area contributed by atoms with Gasteiger partial charge in [0.1, 0.15) is 4.88 Å². The molecule has 94 valence electrons. The summed E-state index contributed by atoms with van der Waals surface area (Å²) in [5.74, 6) is -0.514. The molecule has 0 aromatic carbocycles. The Morgan fingerprint density at radius 3 is 2.88 bits per heavy atom. The molecular formula is C11H16N2O3S. The third kappa shape index (κ3) is 2.83. The number of methoxy groups -OCH3 is 1. The summed E-state index contributed by atoms with van der Waals surface area (Å²) in [7, 11) is 1.55. The van der Waals surface area contributed by atoms with Gasteiger partial charge in [0.15, 0.2) is 0 Å². The molecule has 1 saturated heterocycles. The van der Waals surface area contributed by atoms with E-state index >= 15 is 0 Å². The molecule has 1 aliphatic rings. The number of rotatable bonds is 4. The molecule has 0 bridgehead atoms. The van der Waals surface area contributed by atoms with E-state index in [1.807, 2.05) is 0 Å². The standard InChI is InChI=1S/C11H16N2O3S/c1-16-6-8-9(11(14)15)17-10(13-8)7-2-4-12-5-3-7/h7,12H,2-6H2,1H3,(H,14,15). The molecule has 0 atom stereocenters. The van der Waals surface area contributed by atoms with Gasteiger partial charge in [0.25, 0.3) is 0 Å². The van der Waals surface area contributed by atoms with Crippen LogP contribution in [0.25, 0.3) is 0 Å². The Labute approximate surface area is 104 Å². The van der Waals surface area contributed by atoms with Crippen LogP contribution < -0.4 is 5.32 Å². The molecule has 17 heavy (non-hydrogen) atoms. The van der Waals surface area contributed by atoms with Crippen molar-refractivity contribution in [3.05, 3.63) is 15.6 Å². The van der Waals surface area contributed by atoms with Crippen LogP contribution in [-0.2, 0) is 11.3 Å². The minimum Gasteiger partial charge on any atom is -0.477 e. The molecule has 1 aliphatic heterocycles. The minimum atomic E-state index is -0.908. The number of piperidine rings is 1. The maximum Gasteiger partial charge on any atom is 0.347 e. The van der Waals surface area contributed by atoms with Crippen molar-refractivity contribution >= 4 is 17.3 Å². The second-order valence-electron chi connectivity index (χ2n) is 4.09. The first-order valence-electron chi connectivity index (χ1n) is 5.65. The van der Waals surface area contributed by atoms with Gasteiger partial charge >= 0.3 is 5.97 Å². The number of hydrogen-bond donors (Lipinski definition) is 2. The molecule has 0 unspecified atom stereocenters. The van der Waals surface area contributed by atoms with Crippen LogP contribution in [-0.4, -0.2) is 36.3 Å². The number of ether oxygens (including phenoxy) is 1. The van der Waals surface area contributed by atoms with Crippen LogP contribution in [0.3, 0.4) is 0 Å². The lowest BCUT2D eigenvalue weighted by Crippen LogP contribution is -2.26. The number of carboxylic acids is 1. The number of thiazole rings is 1. The van der Waals surface area contributed by atoms with Gasteiger partial charge in [-0.2, -0.15) is 0 Å². The van der Waals surface area contributed by atoms with Crippen LogP contribution in [0, 0.1) is 0 Å². The smallest absolute Gasteiger partial charge is 0.347 e. The first-order valence-corrected chi connectivity index (χ1v) is 6.46. The number of aromatic carboxylic acids is 1. The van der Waals surface area contributed by atoms with Crippen LogP contribution in [0.1, 0.15) is 39.1 Å². The number of hydrogen-bond acceptors (Lipinski definition) is 5. The number of nitrogens with one attached hydrogen (secondary N) is 1. The van der Waals surface area contributed by atoms with Gasteiger partial charge in [0.05, 0.1) is 17.3 Å². The lowest BCUT2D eigenvalue weighted by atomic mass is 9.99. The van der Waals surface area contributed by atoms with Crippen molar-refractivity contribution in [1.82, 2.24) is 10.3 Å². The normalized spacial score (nSPS) is 17.2. The topological polar surface area (TPSA) is 71.5 Å². The second kappa shape index (κ2) is 5.57. The molecule has 0 aliphatic carbocycles. The van der Waals surface area contributed by atoms with Gasteiger partial charge in [-0.1, -0.05) is 0 Å². The van der Waals surface area contributed by atoms with Crippen molar-refractivity contribution in [1.29, 1.82) is 0 Å². The molecule has 2 N–H and O–H groups in total. The minimum absolute atomic E-state index is 0.267. The van der Waals surface area contributed by atoms with Crippen molar-refractivity contribution in [3.8, 4) is 0 Å². The number of aromatic nitrogens is 1. The monoisotopic (exact) mass is 256 g/mol. The second-order valence-corrected chi connectivity index (χ2v) is 5.12. The summed E-state index contributed by atoms with van der Waals surface area (Å²) in [5, 5.41) is 13.3. The quantitative estimate of drug-likeness (QED) is 0.853. The van der Waals surface area contributed by atoms with Crippen molar-refractivity contribution in [2.45, 2.75) is 25.4 Å². The van der Waals surface area contributed by atoms with Crippen LogP contribution in [0.5, 0.6) is 0 Å². The zero-order chi connectivity index (χ0) is 12.3. The fraction of sp³-hybridized carbons (Fsp3) is 0.636. The van der Waals surface area contributed by atoms with E-state index in [0.717, 1.165) is 30.9 Å². The molecule has 5 nitrogen and oxygen atoms in total. The number of carboxylic acid groups (broad SMARTS) is 1. The Bertz CT molecular complexity index is 399. The molecule has 0 spiro atoms. The van der Waals surface area contributed by atoms with Crippen LogP contribution in [0.15, 0.2) is 0 Å². The van der Waals surface area contributed by atoms with Gasteiger partial charge in [-0.05, 0) is 25.9 Å². The van der Waals surface area contributed by atoms with E-state index in [1.54, 1.807) is 7.11 Å². The lowest BCUT2D eigenvalue weighted by molar-refractivity contribution is 0.0697. The SMILES string of the molecule is COCc1nc(C2CCNCC2)sc1C(=O)O. The highest BCUT2D eigenvalue weighted by atomic mass is 32.1. The zero-order valence-corrected chi connectivity index (χ0v) is 10.5. The van der Waals surface area contributed by atoms with E-state index in [9.17, 15) is 4.79 Å². The first-order chi connectivity index (χ1) is 8.22. The van der Waals surface area contributed by atoms with Gasteiger partial charge in [-0.15, -0.1) is 11.3 Å². The Balaban J connectivity index is 2.22. The zero-order valence-electron chi connectivity index (χ0n) is 9.73. The molecular weight excluding hydrogens is 240 g/mol. The Morgan fingerprint density at radius 1 is 1.59 bits per heavy atom. The summed E-state index contributed by atoms with van der Waals surface area (Å²) < 4.78 is 4.99. The van der Waals surface area contributed by atoms with Gasteiger partial charge in [0.2, 0.25) is 0 Å². The van der Waals surface area contributed by atoms with Crippen LogP contribution >= 0.6 is 11.3 Å². The molecule has 1 fully saturated rings. The molecule has 2 rings (SSSR count). The fourth-order valence-corrected chi connectivity index (χ4v) is 3.09. The van der Waals surface area contributed by atoms with E-state index in [0.29, 0.717) is 16.5 Å². The summed E-state index contributed by atoms with van der Waals surface area (Å²) in [6.45, 7) is 2.22. The largest absolute Gasteiger partial charge is 0.477 e. The summed E-state index contributed by atoms with van der Waals surface area (Å²) in [6, 6.07) is 0. The predicted octanol–water partition coefficient (Wildman–Crippen LogP) is 1.45. The Hall–Kier alpha value is -0.980. The average Bonchev–Trinajstić information content (AvgIpc) is 2.75. The van der Waals surface area contributed by atoms with Gasteiger partial charge in [0, 0.05) is 13.0 Å². The van der Waals surface area contributed by atoms with E-state index in [1.165, 1.54) is 11.3 Å². The molecule has 1 aromatic heterocycles. The molecule has 1 aromatic rings. The van der Waals surface area contributed by atoms with Gasteiger partial charge < -0.3 is 15.2 Å². The maximum atomic E-state index is 11.1. The molecule has 0 saturated carbocycles. The van der Waals surface area contributed by atoms with E-state index in [-0.39, 0.29) is 6.61 Å². The van der Waals surface area contributed by atoms with E-state index < -0.39 is 5.97 Å². The first kappa shape index (κ1) is 12.5. The van der Waals surface area contributed by atoms with Crippen molar-refractivity contribution < 1.29 is 14.6 Å². The number of nitrogens with zero attached hydrogens (tertiary/aromatic N) is 1. The number of carbonyl (C=O) groups is 1. The molecule has 0 amide bonds. The highest BCUT2D eigenvalue weighted by Crippen LogP contribution is 2.31. The summed E-state index contributed by atoms with van der Waals surface area (Å²) in [5.41, 5.74) is 0.554. The summed E-state index contributed by atoms with van der Waals surface area (Å²) in [6.07, 6.45) is 2.05. The maximum absolute atomic E-state index is 11.1. The van der Waals surface area contributed by atoms with E-state index in [2.05, 4.69) is 10.3 Å². The highest BCUT2D eigenvalue weighted by Gasteiger charge is 2.23. The van der Waals surface area contributed by atoms with Crippen LogP contribution in [0.4, 0.5) is 0 Å². The third-order valence-corrected chi connectivity index (χ3v) is 4.13. The van der Waals surface area contributed by atoms with Crippen molar-refractivity contribution in [2.24, 2.45) is 0 Å². The van der Waals surface area contributed by atoms with Gasteiger partial charge in [-0.25, -0.2) is 9.78 Å². The highest BCUT2D eigenvalue weighted by molar-refractivity contribution is 7.13. The van der Waals surface area contributed by atoms with Crippen LogP contribution in [0.2, 0.25) is 0 Å². The molecule has 2 heterocycles. The van der Waals surface area contributed by atoms with E-state index in [4.69, 9.17) is 9.84 Å². The predicted molar refractivity (Wildman–Crippen MR) is 64.6 cm³/mol. The van der Waals surface area contributed by atoms with Crippen molar-refractivity contribution in [2.75, 3.05) is 20.2 Å². The average molecular weight is 256 g/mol. The summed E-state index contributed by atoms with van der Waals surface area (Å²) in [4.78, 5) is 15.8. The third-order valence-electron chi connectivity index (χ3n) is 2.88. The van der Waals surface area contributed by atoms with Gasteiger partial charge in [-0.3, -0.25) is 0 Å². The Morgan fingerprint density at radius 2 is 2.29 bits per heavy atom. The fourth-order valence-electron chi connectivity index (χ4n) is 2.02. The molecule has 0 radical (unpaired) electrons. The Kier molecular flexibility index (Phi) is 4.09. The molecule has 6 heteroatoms. The summed E-state index contributed by atoms with van der Waals surface area (Å²) >= 11 is 1.30. The lowest BCUT2D eigenvalue weighted by Gasteiger charge is -2.20. The van der Waals surface area contributed by atoms with Crippen molar-refractivity contribution in [3.63, 3.8) is 0 Å².